The molecule has 30 heavy (non-hydrogen) atoms. The summed E-state index contributed by atoms with van der Waals surface area (Å²) in [5.41, 5.74) is 1.12. The second-order valence-corrected chi connectivity index (χ2v) is 7.67. The zero-order chi connectivity index (χ0) is 21.0. The summed E-state index contributed by atoms with van der Waals surface area (Å²) in [6.07, 6.45) is 7.02. The summed E-state index contributed by atoms with van der Waals surface area (Å²) in [5, 5.41) is 11.9. The molecule has 1 aromatic heterocycles. The molecule has 0 radical (unpaired) electrons. The lowest BCUT2D eigenvalue weighted by Gasteiger charge is -2.22. The maximum atomic E-state index is 6.06. The highest BCUT2D eigenvalue weighted by molar-refractivity contribution is 6.30. The SMILES string of the molecule is CCNC(=NCC(c1ccc(Cl)cc1)n1cccn1)NCCCOC1CCOCC1. The van der Waals surface area contributed by atoms with Gasteiger partial charge in [-0.15, -0.1) is 0 Å². The van der Waals surface area contributed by atoms with E-state index in [0.717, 1.165) is 68.7 Å². The number of halogens is 1. The summed E-state index contributed by atoms with van der Waals surface area (Å²) in [4.78, 5) is 4.80. The first-order valence-corrected chi connectivity index (χ1v) is 11.1. The van der Waals surface area contributed by atoms with Crippen LogP contribution < -0.4 is 10.6 Å². The van der Waals surface area contributed by atoms with E-state index in [1.807, 2.05) is 41.2 Å². The van der Waals surface area contributed by atoms with E-state index in [-0.39, 0.29) is 6.04 Å². The van der Waals surface area contributed by atoms with E-state index in [0.29, 0.717) is 12.6 Å². The van der Waals surface area contributed by atoms with E-state index < -0.39 is 0 Å². The van der Waals surface area contributed by atoms with Crippen molar-refractivity contribution in [1.29, 1.82) is 0 Å². The quantitative estimate of drug-likeness (QED) is 0.342. The van der Waals surface area contributed by atoms with E-state index in [9.17, 15) is 0 Å². The fourth-order valence-electron chi connectivity index (χ4n) is 3.38. The number of guanidine groups is 1. The molecule has 0 spiro atoms. The van der Waals surface area contributed by atoms with Gasteiger partial charge in [0.1, 0.15) is 0 Å². The second-order valence-electron chi connectivity index (χ2n) is 7.24. The van der Waals surface area contributed by atoms with Gasteiger partial charge in [-0.25, -0.2) is 0 Å². The van der Waals surface area contributed by atoms with E-state index in [1.54, 1.807) is 6.20 Å². The van der Waals surface area contributed by atoms with Gasteiger partial charge in [0.15, 0.2) is 5.96 Å². The molecule has 8 heteroatoms. The molecule has 1 aliphatic heterocycles. The van der Waals surface area contributed by atoms with Gasteiger partial charge in [-0.2, -0.15) is 5.10 Å². The standard InChI is InChI=1S/C22H32ClN5O2/c1-2-24-22(25-11-4-14-30-20-9-15-29-16-10-20)26-17-21(28-13-3-12-27-28)18-5-7-19(23)8-6-18/h3,5-8,12-13,20-21H,2,4,9-11,14-17H2,1H3,(H2,24,25,26). The predicted molar refractivity (Wildman–Crippen MR) is 120 cm³/mol. The molecule has 7 nitrogen and oxygen atoms in total. The summed E-state index contributed by atoms with van der Waals surface area (Å²) in [6.45, 7) is 6.61. The van der Waals surface area contributed by atoms with E-state index >= 15 is 0 Å². The number of nitrogens with zero attached hydrogens (tertiary/aromatic N) is 3. The van der Waals surface area contributed by atoms with Crippen LogP contribution in [-0.2, 0) is 9.47 Å². The van der Waals surface area contributed by atoms with Gasteiger partial charge in [0.05, 0.1) is 18.7 Å². The van der Waals surface area contributed by atoms with Crippen molar-refractivity contribution in [3.63, 3.8) is 0 Å². The molecule has 1 unspecified atom stereocenters. The first-order chi connectivity index (χ1) is 14.8. The van der Waals surface area contributed by atoms with Crippen LogP contribution in [0.25, 0.3) is 0 Å². The molecule has 1 saturated heterocycles. The van der Waals surface area contributed by atoms with Crippen molar-refractivity contribution in [3.05, 3.63) is 53.3 Å². The average Bonchev–Trinajstić information content (AvgIpc) is 3.30. The van der Waals surface area contributed by atoms with Gasteiger partial charge in [0.25, 0.3) is 0 Å². The van der Waals surface area contributed by atoms with Gasteiger partial charge in [0.2, 0.25) is 0 Å². The fourth-order valence-corrected chi connectivity index (χ4v) is 3.51. The lowest BCUT2D eigenvalue weighted by molar-refractivity contribution is -0.0320. The number of benzene rings is 1. The molecule has 2 N–H and O–H groups in total. The van der Waals surface area contributed by atoms with Gasteiger partial charge < -0.3 is 20.1 Å². The molecule has 1 aliphatic rings. The van der Waals surface area contributed by atoms with Crippen molar-refractivity contribution >= 4 is 17.6 Å². The van der Waals surface area contributed by atoms with Crippen LogP contribution >= 0.6 is 11.6 Å². The van der Waals surface area contributed by atoms with Crippen LogP contribution in [0.2, 0.25) is 5.02 Å². The number of hydrogen-bond donors (Lipinski definition) is 2. The number of hydrogen-bond acceptors (Lipinski definition) is 4. The average molecular weight is 434 g/mol. The maximum Gasteiger partial charge on any atom is 0.191 e. The molecule has 0 saturated carbocycles. The zero-order valence-electron chi connectivity index (χ0n) is 17.6. The van der Waals surface area contributed by atoms with Gasteiger partial charge in [0, 0.05) is 50.3 Å². The molecule has 0 bridgehead atoms. The summed E-state index contributed by atoms with van der Waals surface area (Å²) in [5.74, 6) is 0.801. The molecule has 1 aromatic carbocycles. The number of aromatic nitrogens is 2. The van der Waals surface area contributed by atoms with E-state index in [1.165, 1.54) is 0 Å². The van der Waals surface area contributed by atoms with Crippen molar-refractivity contribution in [2.24, 2.45) is 4.99 Å². The van der Waals surface area contributed by atoms with Crippen LogP contribution in [0.5, 0.6) is 0 Å². The van der Waals surface area contributed by atoms with E-state index in [4.69, 9.17) is 26.1 Å². The molecule has 0 amide bonds. The Kier molecular flexibility index (Phi) is 9.47. The maximum absolute atomic E-state index is 6.06. The van der Waals surface area contributed by atoms with E-state index in [2.05, 4.69) is 22.7 Å². The Morgan fingerprint density at radius 2 is 2.10 bits per heavy atom. The van der Waals surface area contributed by atoms with Crippen LogP contribution in [0.4, 0.5) is 0 Å². The molecule has 164 valence electrons. The molecule has 2 heterocycles. The summed E-state index contributed by atoms with van der Waals surface area (Å²) in [7, 11) is 0. The first kappa shape index (κ1) is 22.6. The third kappa shape index (κ3) is 7.31. The molecule has 0 aliphatic carbocycles. The minimum Gasteiger partial charge on any atom is -0.381 e. The van der Waals surface area contributed by atoms with Crippen molar-refractivity contribution < 1.29 is 9.47 Å². The highest BCUT2D eigenvalue weighted by atomic mass is 35.5. The normalized spacial score (nSPS) is 16.4. The number of aliphatic imine (C=N–C) groups is 1. The highest BCUT2D eigenvalue weighted by Crippen LogP contribution is 2.20. The van der Waals surface area contributed by atoms with Crippen LogP contribution in [0, 0.1) is 0 Å². The highest BCUT2D eigenvalue weighted by Gasteiger charge is 2.15. The van der Waals surface area contributed by atoms with Gasteiger partial charge in [-0.1, -0.05) is 23.7 Å². The Bertz CT molecular complexity index is 745. The monoisotopic (exact) mass is 433 g/mol. The van der Waals surface area contributed by atoms with Crippen molar-refractivity contribution in [3.8, 4) is 0 Å². The molecule has 1 fully saturated rings. The third-order valence-corrected chi connectivity index (χ3v) is 5.25. The Balaban J connectivity index is 1.52. The topological polar surface area (TPSA) is 72.7 Å². The van der Waals surface area contributed by atoms with Crippen LogP contribution in [0.3, 0.4) is 0 Å². The first-order valence-electron chi connectivity index (χ1n) is 10.7. The minimum atomic E-state index is 0.00424. The van der Waals surface area contributed by atoms with Crippen LogP contribution in [-0.4, -0.2) is 61.3 Å². The van der Waals surface area contributed by atoms with Crippen LogP contribution in [0.1, 0.15) is 37.8 Å². The van der Waals surface area contributed by atoms with Crippen molar-refractivity contribution in [1.82, 2.24) is 20.4 Å². The lowest BCUT2D eigenvalue weighted by atomic mass is 10.1. The molecule has 1 atom stereocenters. The Morgan fingerprint density at radius 1 is 1.30 bits per heavy atom. The van der Waals surface area contributed by atoms with Crippen LogP contribution in [0.15, 0.2) is 47.7 Å². The summed E-state index contributed by atoms with van der Waals surface area (Å²) >= 11 is 6.06. The fraction of sp³-hybridized carbons (Fsp3) is 0.545. The predicted octanol–water partition coefficient (Wildman–Crippen LogP) is 3.27. The molecular formula is C22H32ClN5O2. The Labute approximate surface area is 183 Å². The number of nitrogens with one attached hydrogen (secondary N) is 2. The number of rotatable bonds is 10. The smallest absolute Gasteiger partial charge is 0.191 e. The summed E-state index contributed by atoms with van der Waals surface area (Å²) < 4.78 is 13.2. The largest absolute Gasteiger partial charge is 0.381 e. The van der Waals surface area contributed by atoms with Gasteiger partial charge >= 0.3 is 0 Å². The Morgan fingerprint density at radius 3 is 2.80 bits per heavy atom. The van der Waals surface area contributed by atoms with Gasteiger partial charge in [-0.05, 0) is 49.9 Å². The molecule has 3 rings (SSSR count). The van der Waals surface area contributed by atoms with Crippen molar-refractivity contribution in [2.75, 3.05) is 39.5 Å². The minimum absolute atomic E-state index is 0.00424. The lowest BCUT2D eigenvalue weighted by Crippen LogP contribution is -2.38. The molecular weight excluding hydrogens is 402 g/mol. The zero-order valence-corrected chi connectivity index (χ0v) is 18.4. The number of ether oxygens (including phenoxy) is 2. The van der Waals surface area contributed by atoms with Gasteiger partial charge in [-0.3, -0.25) is 9.67 Å². The summed E-state index contributed by atoms with van der Waals surface area (Å²) in [6, 6.07) is 9.78. The second kappa shape index (κ2) is 12.6. The van der Waals surface area contributed by atoms with Crippen molar-refractivity contribution in [2.45, 2.75) is 38.3 Å². The third-order valence-electron chi connectivity index (χ3n) is 5.00. The Hall–Kier alpha value is -2.09. The molecule has 2 aromatic rings.